The maximum atomic E-state index is 5.65. The van der Waals surface area contributed by atoms with Crippen molar-refractivity contribution in [1.29, 1.82) is 0 Å². The Bertz CT molecular complexity index is 306. The Morgan fingerprint density at radius 3 is 2.88 bits per heavy atom. The van der Waals surface area contributed by atoms with E-state index in [2.05, 4.69) is 24.4 Å². The van der Waals surface area contributed by atoms with Crippen molar-refractivity contribution in [3.8, 4) is 5.75 Å². The van der Waals surface area contributed by atoms with Gasteiger partial charge in [0, 0.05) is 18.3 Å². The van der Waals surface area contributed by atoms with E-state index in [1.54, 1.807) is 0 Å². The highest BCUT2D eigenvalue weighted by Gasteiger charge is 2.13. The van der Waals surface area contributed by atoms with Crippen molar-refractivity contribution >= 4 is 11.8 Å². The minimum Gasteiger partial charge on any atom is -0.492 e. The molecule has 1 aromatic rings. The monoisotopic (exact) mass is 237 g/mol. The summed E-state index contributed by atoms with van der Waals surface area (Å²) in [5.74, 6) is 3.52. The number of aryl methyl sites for hydroxylation is 1. The van der Waals surface area contributed by atoms with E-state index in [-0.39, 0.29) is 0 Å². The topological polar surface area (TPSA) is 21.3 Å². The molecule has 2 nitrogen and oxygen atoms in total. The van der Waals surface area contributed by atoms with E-state index in [0.29, 0.717) is 6.04 Å². The maximum Gasteiger partial charge on any atom is 0.119 e. The molecule has 1 aromatic carbocycles. The van der Waals surface area contributed by atoms with Crippen molar-refractivity contribution in [3.63, 3.8) is 0 Å². The van der Waals surface area contributed by atoms with E-state index in [1.165, 1.54) is 23.5 Å². The van der Waals surface area contributed by atoms with Crippen LogP contribution in [0.2, 0.25) is 0 Å². The molecule has 1 saturated heterocycles. The van der Waals surface area contributed by atoms with Gasteiger partial charge in [-0.15, -0.1) is 0 Å². The molecule has 88 valence electrons. The van der Waals surface area contributed by atoms with Crippen LogP contribution in [0.15, 0.2) is 24.3 Å². The summed E-state index contributed by atoms with van der Waals surface area (Å²) < 4.78 is 5.65. The molecule has 2 rings (SSSR count). The van der Waals surface area contributed by atoms with Gasteiger partial charge in [0.1, 0.15) is 12.4 Å². The van der Waals surface area contributed by atoms with Gasteiger partial charge >= 0.3 is 0 Å². The summed E-state index contributed by atoms with van der Waals surface area (Å²) in [6, 6.07) is 8.92. The molecule has 1 aliphatic heterocycles. The average molecular weight is 237 g/mol. The van der Waals surface area contributed by atoms with Crippen LogP contribution in [0, 0.1) is 6.92 Å². The van der Waals surface area contributed by atoms with Gasteiger partial charge in [-0.2, -0.15) is 11.8 Å². The van der Waals surface area contributed by atoms with E-state index in [1.807, 2.05) is 23.9 Å². The standard InChI is InChI=1S/C13H19NOS/c1-11-2-4-13(5-3-11)15-8-7-14-12-6-9-16-10-12/h2-5,12,14H,6-10H2,1H3. The van der Waals surface area contributed by atoms with Crippen LogP contribution in [0.25, 0.3) is 0 Å². The molecule has 0 bridgehead atoms. The zero-order valence-corrected chi connectivity index (χ0v) is 10.6. The maximum absolute atomic E-state index is 5.65. The lowest BCUT2D eigenvalue weighted by atomic mass is 10.2. The molecule has 0 saturated carbocycles. The van der Waals surface area contributed by atoms with Crippen LogP contribution in [-0.2, 0) is 0 Å². The van der Waals surface area contributed by atoms with Gasteiger partial charge in [-0.25, -0.2) is 0 Å². The molecule has 3 heteroatoms. The fourth-order valence-corrected chi connectivity index (χ4v) is 2.95. The number of ether oxygens (including phenoxy) is 1. The summed E-state index contributed by atoms with van der Waals surface area (Å²) in [5.41, 5.74) is 1.27. The Hall–Kier alpha value is -0.670. The third-order valence-electron chi connectivity index (χ3n) is 2.75. The van der Waals surface area contributed by atoms with E-state index >= 15 is 0 Å². The van der Waals surface area contributed by atoms with Crippen LogP contribution < -0.4 is 10.1 Å². The van der Waals surface area contributed by atoms with Crippen molar-refractivity contribution < 1.29 is 4.74 Å². The van der Waals surface area contributed by atoms with Crippen molar-refractivity contribution in [1.82, 2.24) is 5.32 Å². The third-order valence-corrected chi connectivity index (χ3v) is 3.92. The van der Waals surface area contributed by atoms with Crippen molar-refractivity contribution in [3.05, 3.63) is 29.8 Å². The van der Waals surface area contributed by atoms with Gasteiger partial charge in [-0.3, -0.25) is 0 Å². The molecule has 16 heavy (non-hydrogen) atoms. The molecule has 1 unspecified atom stereocenters. The van der Waals surface area contributed by atoms with Crippen LogP contribution >= 0.6 is 11.8 Å². The van der Waals surface area contributed by atoms with E-state index in [4.69, 9.17) is 4.74 Å². The number of hydrogen-bond donors (Lipinski definition) is 1. The second-order valence-electron chi connectivity index (χ2n) is 4.18. The van der Waals surface area contributed by atoms with Gasteiger partial charge in [0.15, 0.2) is 0 Å². The molecule has 0 aromatic heterocycles. The lowest BCUT2D eigenvalue weighted by Gasteiger charge is -2.11. The minimum absolute atomic E-state index is 0.701. The number of rotatable bonds is 5. The lowest BCUT2D eigenvalue weighted by Crippen LogP contribution is -2.32. The SMILES string of the molecule is Cc1ccc(OCCNC2CCSC2)cc1. The number of thioether (sulfide) groups is 1. The first-order valence-corrected chi connectivity index (χ1v) is 7.00. The predicted octanol–water partition coefficient (Wildman–Crippen LogP) is 2.47. The lowest BCUT2D eigenvalue weighted by molar-refractivity contribution is 0.307. The van der Waals surface area contributed by atoms with Crippen LogP contribution in [0.1, 0.15) is 12.0 Å². The summed E-state index contributed by atoms with van der Waals surface area (Å²) in [7, 11) is 0. The quantitative estimate of drug-likeness (QED) is 0.795. The van der Waals surface area contributed by atoms with E-state index in [9.17, 15) is 0 Å². The van der Waals surface area contributed by atoms with Crippen LogP contribution in [-0.4, -0.2) is 30.7 Å². The van der Waals surface area contributed by atoms with Crippen LogP contribution in [0.3, 0.4) is 0 Å². The van der Waals surface area contributed by atoms with E-state index in [0.717, 1.165) is 18.9 Å². The summed E-state index contributed by atoms with van der Waals surface area (Å²) in [4.78, 5) is 0. The zero-order chi connectivity index (χ0) is 11.2. The van der Waals surface area contributed by atoms with E-state index < -0.39 is 0 Å². The number of nitrogens with one attached hydrogen (secondary N) is 1. The number of hydrogen-bond acceptors (Lipinski definition) is 3. The molecule has 0 radical (unpaired) electrons. The van der Waals surface area contributed by atoms with Gasteiger partial charge in [0.2, 0.25) is 0 Å². The van der Waals surface area contributed by atoms with Gasteiger partial charge in [0.25, 0.3) is 0 Å². The first kappa shape index (κ1) is 11.8. The largest absolute Gasteiger partial charge is 0.492 e. The fourth-order valence-electron chi connectivity index (χ4n) is 1.76. The normalized spacial score (nSPS) is 19.9. The Kier molecular flexibility index (Phi) is 4.55. The molecule has 1 atom stereocenters. The van der Waals surface area contributed by atoms with Gasteiger partial charge in [0.05, 0.1) is 0 Å². The van der Waals surface area contributed by atoms with Crippen molar-refractivity contribution in [2.45, 2.75) is 19.4 Å². The molecule has 1 aliphatic rings. The number of benzene rings is 1. The average Bonchev–Trinajstić information content (AvgIpc) is 2.80. The van der Waals surface area contributed by atoms with Crippen LogP contribution in [0.5, 0.6) is 5.75 Å². The van der Waals surface area contributed by atoms with Crippen LogP contribution in [0.4, 0.5) is 0 Å². The van der Waals surface area contributed by atoms with Crippen molar-refractivity contribution in [2.75, 3.05) is 24.7 Å². The molecule has 0 amide bonds. The predicted molar refractivity (Wildman–Crippen MR) is 70.4 cm³/mol. The van der Waals surface area contributed by atoms with Gasteiger partial charge in [-0.1, -0.05) is 17.7 Å². The highest BCUT2D eigenvalue weighted by atomic mass is 32.2. The molecule has 1 N–H and O–H groups in total. The Balaban J connectivity index is 1.62. The Morgan fingerprint density at radius 1 is 1.38 bits per heavy atom. The Morgan fingerprint density at radius 2 is 2.19 bits per heavy atom. The van der Waals surface area contributed by atoms with Gasteiger partial charge in [-0.05, 0) is 31.2 Å². The summed E-state index contributed by atoms with van der Waals surface area (Å²) in [6.45, 7) is 3.78. The molecule has 0 aliphatic carbocycles. The highest BCUT2D eigenvalue weighted by molar-refractivity contribution is 7.99. The first-order chi connectivity index (χ1) is 7.84. The third kappa shape index (κ3) is 3.72. The summed E-state index contributed by atoms with van der Waals surface area (Å²) in [6.07, 6.45) is 1.30. The molecule has 0 spiro atoms. The molecular weight excluding hydrogens is 218 g/mol. The highest BCUT2D eigenvalue weighted by Crippen LogP contribution is 2.16. The van der Waals surface area contributed by atoms with Crippen molar-refractivity contribution in [2.24, 2.45) is 0 Å². The summed E-state index contributed by atoms with van der Waals surface area (Å²) in [5, 5.41) is 3.52. The molecular formula is C13H19NOS. The zero-order valence-electron chi connectivity index (χ0n) is 9.74. The van der Waals surface area contributed by atoms with Gasteiger partial charge < -0.3 is 10.1 Å². The first-order valence-electron chi connectivity index (χ1n) is 5.85. The summed E-state index contributed by atoms with van der Waals surface area (Å²) >= 11 is 2.03. The second-order valence-corrected chi connectivity index (χ2v) is 5.33. The molecule has 1 heterocycles. The fraction of sp³-hybridized carbons (Fsp3) is 0.538. The second kappa shape index (κ2) is 6.16. The Labute approximate surface area is 102 Å². The molecule has 1 fully saturated rings. The smallest absolute Gasteiger partial charge is 0.119 e. The minimum atomic E-state index is 0.701.